The molecule has 1 aromatic rings. The van der Waals surface area contributed by atoms with Crippen LogP contribution < -0.4 is 10.2 Å². The first kappa shape index (κ1) is 13.5. The summed E-state index contributed by atoms with van der Waals surface area (Å²) in [5.41, 5.74) is 2.61. The van der Waals surface area contributed by atoms with E-state index in [4.69, 9.17) is 9.47 Å². The molecule has 1 aromatic carbocycles. The number of halogens is 1. The molecule has 1 saturated heterocycles. The SMILES string of the molecule is COc1cc(NN2CCOCC2)c(F)cc1[N+](=O)[O-]. The Labute approximate surface area is 109 Å². The molecule has 1 fully saturated rings. The lowest BCUT2D eigenvalue weighted by molar-refractivity contribution is -0.385. The van der Waals surface area contributed by atoms with Gasteiger partial charge in [-0.3, -0.25) is 10.1 Å². The average molecular weight is 271 g/mol. The molecule has 0 unspecified atom stereocenters. The zero-order valence-corrected chi connectivity index (χ0v) is 10.4. The van der Waals surface area contributed by atoms with E-state index in [0.29, 0.717) is 26.3 Å². The summed E-state index contributed by atoms with van der Waals surface area (Å²) in [7, 11) is 1.30. The van der Waals surface area contributed by atoms with Crippen LogP contribution in [0.15, 0.2) is 12.1 Å². The van der Waals surface area contributed by atoms with Gasteiger partial charge in [-0.15, -0.1) is 0 Å². The van der Waals surface area contributed by atoms with Crippen molar-refractivity contribution in [1.29, 1.82) is 0 Å². The van der Waals surface area contributed by atoms with Crippen molar-refractivity contribution in [2.45, 2.75) is 0 Å². The van der Waals surface area contributed by atoms with Gasteiger partial charge in [-0.1, -0.05) is 0 Å². The second kappa shape index (κ2) is 5.81. The largest absolute Gasteiger partial charge is 0.490 e. The fraction of sp³-hybridized carbons (Fsp3) is 0.455. The monoisotopic (exact) mass is 271 g/mol. The van der Waals surface area contributed by atoms with Crippen LogP contribution in [0.3, 0.4) is 0 Å². The van der Waals surface area contributed by atoms with Gasteiger partial charge in [-0.25, -0.2) is 9.40 Å². The quantitative estimate of drug-likeness (QED) is 0.659. The van der Waals surface area contributed by atoms with Crippen LogP contribution in [0.1, 0.15) is 0 Å². The van der Waals surface area contributed by atoms with Gasteiger partial charge in [0.25, 0.3) is 0 Å². The molecular formula is C11H14FN3O4. The van der Waals surface area contributed by atoms with Crippen molar-refractivity contribution >= 4 is 11.4 Å². The number of rotatable bonds is 4. The molecule has 1 aliphatic heterocycles. The zero-order chi connectivity index (χ0) is 13.8. The summed E-state index contributed by atoms with van der Waals surface area (Å²) in [5, 5.41) is 12.5. The third-order valence-corrected chi connectivity index (χ3v) is 2.75. The highest BCUT2D eigenvalue weighted by Gasteiger charge is 2.20. The third kappa shape index (κ3) is 3.09. The molecule has 0 atom stereocenters. The second-order valence-electron chi connectivity index (χ2n) is 3.97. The number of morpholine rings is 1. The fourth-order valence-corrected chi connectivity index (χ4v) is 1.78. The number of anilines is 1. The highest BCUT2D eigenvalue weighted by Crippen LogP contribution is 2.32. The summed E-state index contributed by atoms with van der Waals surface area (Å²) in [6, 6.07) is 2.13. The number of nitrogens with one attached hydrogen (secondary N) is 1. The zero-order valence-electron chi connectivity index (χ0n) is 10.4. The molecule has 1 heterocycles. The lowest BCUT2D eigenvalue weighted by Gasteiger charge is -2.28. The van der Waals surface area contributed by atoms with Crippen LogP contribution in [0, 0.1) is 15.9 Å². The number of ether oxygens (including phenoxy) is 2. The summed E-state index contributed by atoms with van der Waals surface area (Å²) in [4.78, 5) is 10.1. The Morgan fingerprint density at radius 2 is 2.16 bits per heavy atom. The molecular weight excluding hydrogens is 257 g/mol. The molecule has 0 spiro atoms. The first-order valence-corrected chi connectivity index (χ1v) is 5.73. The lowest BCUT2D eigenvalue weighted by atomic mass is 10.2. The van der Waals surface area contributed by atoms with E-state index in [9.17, 15) is 14.5 Å². The van der Waals surface area contributed by atoms with Crippen molar-refractivity contribution in [3.05, 3.63) is 28.1 Å². The van der Waals surface area contributed by atoms with Crippen molar-refractivity contribution in [3.8, 4) is 5.75 Å². The second-order valence-corrected chi connectivity index (χ2v) is 3.97. The van der Waals surface area contributed by atoms with Crippen LogP contribution in [0.5, 0.6) is 5.75 Å². The van der Waals surface area contributed by atoms with E-state index in [1.54, 1.807) is 5.01 Å². The Bertz CT molecular complexity index is 477. The minimum atomic E-state index is -0.695. The summed E-state index contributed by atoms with van der Waals surface area (Å²) < 4.78 is 23.9. The Kier molecular flexibility index (Phi) is 4.13. The van der Waals surface area contributed by atoms with Gasteiger partial charge in [-0.05, 0) is 0 Å². The molecule has 8 heteroatoms. The molecule has 104 valence electrons. The van der Waals surface area contributed by atoms with Crippen LogP contribution in [-0.4, -0.2) is 43.3 Å². The predicted molar refractivity (Wildman–Crippen MR) is 65.6 cm³/mol. The standard InChI is InChI=1S/C11H14FN3O4/c1-18-11-7-9(8(12)6-10(11)15(16)17)13-14-2-4-19-5-3-14/h6-7,13H,2-5H2,1H3. The molecule has 7 nitrogen and oxygen atoms in total. The molecule has 0 bridgehead atoms. The van der Waals surface area contributed by atoms with Gasteiger partial charge in [0.1, 0.15) is 0 Å². The summed E-state index contributed by atoms with van der Waals surface area (Å²) in [5.74, 6) is -0.679. The van der Waals surface area contributed by atoms with Gasteiger partial charge in [0.15, 0.2) is 11.6 Å². The van der Waals surface area contributed by atoms with Gasteiger partial charge >= 0.3 is 5.69 Å². The van der Waals surface area contributed by atoms with E-state index in [1.165, 1.54) is 13.2 Å². The highest BCUT2D eigenvalue weighted by molar-refractivity contribution is 5.58. The van der Waals surface area contributed by atoms with Crippen molar-refractivity contribution in [2.75, 3.05) is 38.8 Å². The number of nitro benzene ring substituents is 1. The molecule has 0 radical (unpaired) electrons. The predicted octanol–water partition coefficient (Wildman–Crippen LogP) is 1.40. The maximum atomic E-state index is 13.8. The first-order chi connectivity index (χ1) is 9.11. The number of methoxy groups -OCH3 is 1. The van der Waals surface area contributed by atoms with E-state index in [1.807, 2.05) is 0 Å². The molecule has 2 rings (SSSR count). The van der Waals surface area contributed by atoms with Gasteiger partial charge in [0.05, 0.1) is 37.0 Å². The lowest BCUT2D eigenvalue weighted by Crippen LogP contribution is -2.40. The van der Waals surface area contributed by atoms with E-state index in [2.05, 4.69) is 5.43 Å². The molecule has 0 saturated carbocycles. The first-order valence-electron chi connectivity index (χ1n) is 5.73. The smallest absolute Gasteiger partial charge is 0.313 e. The molecule has 0 aliphatic carbocycles. The Morgan fingerprint density at radius 1 is 1.47 bits per heavy atom. The number of hydrogen-bond acceptors (Lipinski definition) is 6. The summed E-state index contributed by atoms with van der Waals surface area (Å²) in [6.45, 7) is 2.33. The number of nitro groups is 1. The van der Waals surface area contributed by atoms with Crippen molar-refractivity contribution < 1.29 is 18.8 Å². The van der Waals surface area contributed by atoms with Crippen molar-refractivity contribution in [2.24, 2.45) is 0 Å². The molecule has 0 aromatic heterocycles. The number of nitrogens with zero attached hydrogens (tertiary/aromatic N) is 2. The van der Waals surface area contributed by atoms with Gasteiger partial charge in [0, 0.05) is 19.2 Å². The van der Waals surface area contributed by atoms with E-state index >= 15 is 0 Å². The van der Waals surface area contributed by atoms with Crippen LogP contribution in [0.4, 0.5) is 15.8 Å². The third-order valence-electron chi connectivity index (χ3n) is 2.75. The van der Waals surface area contributed by atoms with Crippen molar-refractivity contribution in [1.82, 2.24) is 5.01 Å². The highest BCUT2D eigenvalue weighted by atomic mass is 19.1. The number of hydrazine groups is 1. The minimum absolute atomic E-state index is 0.0159. The maximum absolute atomic E-state index is 13.8. The normalized spacial score (nSPS) is 16.1. The van der Waals surface area contributed by atoms with Gasteiger partial charge < -0.3 is 14.9 Å². The maximum Gasteiger partial charge on any atom is 0.313 e. The summed E-state index contributed by atoms with van der Waals surface area (Å²) in [6.07, 6.45) is 0. The van der Waals surface area contributed by atoms with Crippen LogP contribution in [-0.2, 0) is 4.74 Å². The van der Waals surface area contributed by atoms with Crippen LogP contribution in [0.2, 0.25) is 0 Å². The fourth-order valence-electron chi connectivity index (χ4n) is 1.78. The van der Waals surface area contributed by atoms with Gasteiger partial charge in [-0.2, -0.15) is 0 Å². The molecule has 1 N–H and O–H groups in total. The van der Waals surface area contributed by atoms with Gasteiger partial charge in [0.2, 0.25) is 0 Å². The van der Waals surface area contributed by atoms with E-state index in [-0.39, 0.29) is 11.4 Å². The molecule has 1 aliphatic rings. The van der Waals surface area contributed by atoms with Crippen LogP contribution >= 0.6 is 0 Å². The summed E-state index contributed by atoms with van der Waals surface area (Å²) >= 11 is 0. The average Bonchev–Trinajstić information content (AvgIpc) is 2.41. The Morgan fingerprint density at radius 3 is 2.74 bits per heavy atom. The van der Waals surface area contributed by atoms with Crippen molar-refractivity contribution in [3.63, 3.8) is 0 Å². The van der Waals surface area contributed by atoms with E-state index in [0.717, 1.165) is 6.07 Å². The molecule has 19 heavy (non-hydrogen) atoms. The minimum Gasteiger partial charge on any atom is -0.490 e. The Hall–Kier alpha value is -1.93. The topological polar surface area (TPSA) is 76.9 Å². The number of benzene rings is 1. The molecule has 0 amide bonds. The van der Waals surface area contributed by atoms with E-state index < -0.39 is 16.4 Å². The van der Waals surface area contributed by atoms with Crippen LogP contribution in [0.25, 0.3) is 0 Å². The number of hydrogen-bond donors (Lipinski definition) is 1. The Balaban J connectivity index is 2.22.